The van der Waals surface area contributed by atoms with Crippen LogP contribution in [0.4, 0.5) is 0 Å². The van der Waals surface area contributed by atoms with Gasteiger partial charge in [0.1, 0.15) is 0 Å². The fourth-order valence-electron chi connectivity index (χ4n) is 3.69. The maximum absolute atomic E-state index is 10.2. The SMILES string of the molecule is CN[C@@H]1[C@H]2CC[C@](C)([C@H]1O)C2(C)C. The van der Waals surface area contributed by atoms with E-state index in [1.165, 1.54) is 12.8 Å². The predicted octanol–water partition coefficient (Wildman–Crippen LogP) is 1.39. The minimum atomic E-state index is -0.161. The van der Waals surface area contributed by atoms with Gasteiger partial charge < -0.3 is 10.4 Å². The molecule has 2 saturated carbocycles. The molecule has 2 bridgehead atoms. The van der Waals surface area contributed by atoms with Crippen LogP contribution < -0.4 is 5.32 Å². The van der Waals surface area contributed by atoms with Gasteiger partial charge in [0.25, 0.3) is 0 Å². The third-order valence-corrected chi connectivity index (χ3v) is 5.13. The summed E-state index contributed by atoms with van der Waals surface area (Å²) >= 11 is 0. The summed E-state index contributed by atoms with van der Waals surface area (Å²) < 4.78 is 0. The molecule has 2 aliphatic rings. The van der Waals surface area contributed by atoms with Crippen molar-refractivity contribution < 1.29 is 5.11 Å². The molecule has 0 aromatic heterocycles. The standard InChI is InChI=1S/C11H21NO/c1-10(2)7-5-6-11(10,3)9(13)8(7)12-4/h7-9,12-13H,5-6H2,1-4H3/t7-,8-,9+,11-/m1/s1. The maximum Gasteiger partial charge on any atom is 0.0754 e. The molecule has 2 heteroatoms. The molecular formula is C11H21NO. The van der Waals surface area contributed by atoms with Crippen LogP contribution in [0.15, 0.2) is 0 Å². The summed E-state index contributed by atoms with van der Waals surface area (Å²) in [6.07, 6.45) is 2.29. The summed E-state index contributed by atoms with van der Waals surface area (Å²) in [5, 5.41) is 13.5. The number of aliphatic hydroxyl groups excluding tert-OH is 1. The molecule has 2 nitrogen and oxygen atoms in total. The average molecular weight is 183 g/mol. The van der Waals surface area contributed by atoms with E-state index in [4.69, 9.17) is 0 Å². The fraction of sp³-hybridized carbons (Fsp3) is 1.00. The summed E-state index contributed by atoms with van der Waals surface area (Å²) in [5.74, 6) is 0.650. The van der Waals surface area contributed by atoms with Crippen LogP contribution in [0.25, 0.3) is 0 Å². The number of nitrogens with one attached hydrogen (secondary N) is 1. The summed E-state index contributed by atoms with van der Waals surface area (Å²) in [6, 6.07) is 0.314. The molecule has 0 unspecified atom stereocenters. The number of fused-ring (bicyclic) bond motifs is 2. The zero-order valence-corrected chi connectivity index (χ0v) is 9.09. The smallest absolute Gasteiger partial charge is 0.0754 e. The fourth-order valence-corrected chi connectivity index (χ4v) is 3.69. The van der Waals surface area contributed by atoms with Crippen molar-refractivity contribution in [2.45, 2.75) is 45.8 Å². The van der Waals surface area contributed by atoms with Crippen molar-refractivity contribution in [1.29, 1.82) is 0 Å². The van der Waals surface area contributed by atoms with E-state index in [0.29, 0.717) is 17.4 Å². The first-order chi connectivity index (χ1) is 5.95. The number of rotatable bonds is 1. The quantitative estimate of drug-likeness (QED) is 0.644. The summed E-state index contributed by atoms with van der Waals surface area (Å²) in [5.41, 5.74) is 0.422. The second kappa shape index (κ2) is 2.48. The van der Waals surface area contributed by atoms with Gasteiger partial charge in [0.2, 0.25) is 0 Å². The Morgan fingerprint density at radius 3 is 2.23 bits per heavy atom. The van der Waals surface area contributed by atoms with Gasteiger partial charge in [0, 0.05) is 11.5 Å². The van der Waals surface area contributed by atoms with E-state index in [1.54, 1.807) is 0 Å². The Labute approximate surface area is 80.7 Å². The third kappa shape index (κ3) is 0.861. The molecule has 0 aromatic carbocycles. The lowest BCUT2D eigenvalue weighted by atomic mass is 9.70. The highest BCUT2D eigenvalue weighted by Crippen LogP contribution is 2.65. The molecule has 0 aliphatic heterocycles. The molecule has 0 spiro atoms. The van der Waals surface area contributed by atoms with Crippen molar-refractivity contribution in [3.63, 3.8) is 0 Å². The van der Waals surface area contributed by atoms with Gasteiger partial charge in [-0.15, -0.1) is 0 Å². The van der Waals surface area contributed by atoms with Gasteiger partial charge in [-0.25, -0.2) is 0 Å². The van der Waals surface area contributed by atoms with Gasteiger partial charge in [-0.3, -0.25) is 0 Å². The second-order valence-corrected chi connectivity index (χ2v) is 5.54. The zero-order chi connectivity index (χ0) is 9.85. The lowest BCUT2D eigenvalue weighted by Gasteiger charge is -2.37. The molecule has 0 heterocycles. The van der Waals surface area contributed by atoms with Crippen molar-refractivity contribution in [2.24, 2.45) is 16.7 Å². The van der Waals surface area contributed by atoms with E-state index in [2.05, 4.69) is 26.1 Å². The number of aliphatic hydroxyl groups is 1. The van der Waals surface area contributed by atoms with Gasteiger partial charge in [-0.05, 0) is 31.2 Å². The van der Waals surface area contributed by atoms with Crippen LogP contribution in [0.2, 0.25) is 0 Å². The van der Waals surface area contributed by atoms with Gasteiger partial charge in [0.15, 0.2) is 0 Å². The molecule has 2 N–H and O–H groups in total. The van der Waals surface area contributed by atoms with E-state index in [-0.39, 0.29) is 11.5 Å². The summed E-state index contributed by atoms with van der Waals surface area (Å²) in [7, 11) is 1.97. The summed E-state index contributed by atoms with van der Waals surface area (Å²) in [4.78, 5) is 0. The van der Waals surface area contributed by atoms with Crippen LogP contribution in [0, 0.1) is 16.7 Å². The first-order valence-electron chi connectivity index (χ1n) is 5.30. The van der Waals surface area contributed by atoms with Gasteiger partial charge in [-0.2, -0.15) is 0 Å². The van der Waals surface area contributed by atoms with E-state index in [1.807, 2.05) is 7.05 Å². The number of hydrogen-bond donors (Lipinski definition) is 2. The molecule has 4 atom stereocenters. The van der Waals surface area contributed by atoms with Gasteiger partial charge >= 0.3 is 0 Å². The van der Waals surface area contributed by atoms with E-state index in [9.17, 15) is 5.11 Å². The van der Waals surface area contributed by atoms with Crippen molar-refractivity contribution in [2.75, 3.05) is 7.05 Å². The predicted molar refractivity (Wildman–Crippen MR) is 53.5 cm³/mol. The molecular weight excluding hydrogens is 162 g/mol. The maximum atomic E-state index is 10.2. The largest absolute Gasteiger partial charge is 0.391 e. The van der Waals surface area contributed by atoms with Crippen molar-refractivity contribution in [3.05, 3.63) is 0 Å². The molecule has 0 radical (unpaired) electrons. The molecule has 2 aliphatic carbocycles. The molecule has 0 aromatic rings. The van der Waals surface area contributed by atoms with Crippen LogP contribution in [0.5, 0.6) is 0 Å². The third-order valence-electron chi connectivity index (χ3n) is 5.13. The first-order valence-corrected chi connectivity index (χ1v) is 5.30. The molecule has 13 heavy (non-hydrogen) atoms. The van der Waals surface area contributed by atoms with Crippen LogP contribution >= 0.6 is 0 Å². The van der Waals surface area contributed by atoms with Crippen LogP contribution in [-0.4, -0.2) is 24.3 Å². The highest BCUT2D eigenvalue weighted by molar-refractivity contribution is 5.16. The molecule has 2 fully saturated rings. The van der Waals surface area contributed by atoms with Crippen LogP contribution in [0.3, 0.4) is 0 Å². The van der Waals surface area contributed by atoms with Crippen molar-refractivity contribution in [3.8, 4) is 0 Å². The van der Waals surface area contributed by atoms with Crippen LogP contribution in [-0.2, 0) is 0 Å². The van der Waals surface area contributed by atoms with Gasteiger partial charge in [-0.1, -0.05) is 20.8 Å². The second-order valence-electron chi connectivity index (χ2n) is 5.54. The Balaban J connectivity index is 2.39. The number of likely N-dealkylation sites (N-methyl/N-ethyl adjacent to an activating group) is 1. The topological polar surface area (TPSA) is 32.3 Å². The Morgan fingerprint density at radius 1 is 1.31 bits per heavy atom. The van der Waals surface area contributed by atoms with Gasteiger partial charge in [0.05, 0.1) is 6.10 Å². The Bertz CT molecular complexity index is 226. The molecule has 76 valence electrons. The van der Waals surface area contributed by atoms with Crippen molar-refractivity contribution in [1.82, 2.24) is 5.32 Å². The minimum Gasteiger partial charge on any atom is -0.391 e. The van der Waals surface area contributed by atoms with Crippen LogP contribution in [0.1, 0.15) is 33.6 Å². The normalized spacial score (nSPS) is 52.8. The Kier molecular flexibility index (Phi) is 1.81. The molecule has 2 rings (SSSR count). The van der Waals surface area contributed by atoms with E-state index >= 15 is 0 Å². The minimum absolute atomic E-state index is 0.130. The Hall–Kier alpha value is -0.0800. The molecule has 0 amide bonds. The zero-order valence-electron chi connectivity index (χ0n) is 9.09. The lowest BCUT2D eigenvalue weighted by Crippen LogP contribution is -2.45. The highest BCUT2D eigenvalue weighted by Gasteiger charge is 2.65. The monoisotopic (exact) mass is 183 g/mol. The number of hydrogen-bond acceptors (Lipinski definition) is 2. The average Bonchev–Trinajstić information content (AvgIpc) is 2.36. The highest BCUT2D eigenvalue weighted by atomic mass is 16.3. The Morgan fingerprint density at radius 2 is 1.92 bits per heavy atom. The lowest BCUT2D eigenvalue weighted by molar-refractivity contribution is 0.00130. The van der Waals surface area contributed by atoms with Crippen molar-refractivity contribution >= 4 is 0 Å². The summed E-state index contributed by atoms with van der Waals surface area (Å²) in [6.45, 7) is 6.87. The van der Waals surface area contributed by atoms with E-state index < -0.39 is 0 Å². The van der Waals surface area contributed by atoms with E-state index in [0.717, 1.165) is 0 Å². The molecule has 0 saturated heterocycles. The first kappa shape index (κ1) is 9.47.